The Bertz CT molecular complexity index is 607. The summed E-state index contributed by atoms with van der Waals surface area (Å²) in [6.45, 7) is 0. The average molecular weight is 267 g/mol. The summed E-state index contributed by atoms with van der Waals surface area (Å²) in [5.41, 5.74) is 6.33. The average Bonchev–Trinajstić information content (AvgIpc) is 2.97. The summed E-state index contributed by atoms with van der Waals surface area (Å²) in [6.07, 6.45) is 3.03. The van der Waals surface area contributed by atoms with Crippen LogP contribution in [0.25, 0.3) is 5.70 Å². The molecule has 3 heteroatoms. The lowest BCUT2D eigenvalue weighted by molar-refractivity contribution is 0.0519. The van der Waals surface area contributed by atoms with E-state index in [2.05, 4.69) is 23.7 Å². The van der Waals surface area contributed by atoms with Gasteiger partial charge >= 0.3 is 0 Å². The molecule has 1 aliphatic heterocycles. The Balaban J connectivity index is 1.74. The van der Waals surface area contributed by atoms with Crippen LogP contribution in [0.2, 0.25) is 0 Å². The molecule has 0 aliphatic carbocycles. The molecule has 0 fully saturated rings. The molecule has 2 aromatic carbocycles. The number of methoxy groups -OCH3 is 1. The number of hydrogen-bond acceptors (Lipinski definition) is 3. The molecule has 0 saturated heterocycles. The molecule has 20 heavy (non-hydrogen) atoms. The van der Waals surface area contributed by atoms with Gasteiger partial charge in [-0.2, -0.15) is 0 Å². The first-order chi connectivity index (χ1) is 9.85. The molecule has 1 heterocycles. The van der Waals surface area contributed by atoms with E-state index in [4.69, 9.17) is 9.57 Å². The molecular weight excluding hydrogens is 250 g/mol. The zero-order chi connectivity index (χ0) is 13.8. The Morgan fingerprint density at radius 1 is 1.10 bits per heavy atom. The third kappa shape index (κ3) is 2.83. The van der Waals surface area contributed by atoms with Gasteiger partial charge in [0.2, 0.25) is 0 Å². The number of rotatable bonds is 4. The van der Waals surface area contributed by atoms with Gasteiger partial charge in [-0.1, -0.05) is 42.5 Å². The lowest BCUT2D eigenvalue weighted by atomic mass is 10.1. The Labute approximate surface area is 118 Å². The summed E-state index contributed by atoms with van der Waals surface area (Å²) in [6, 6.07) is 18.3. The van der Waals surface area contributed by atoms with Crippen LogP contribution in [-0.4, -0.2) is 13.2 Å². The van der Waals surface area contributed by atoms with E-state index in [1.165, 1.54) is 5.56 Å². The van der Waals surface area contributed by atoms with Crippen molar-refractivity contribution in [1.82, 2.24) is 5.48 Å². The summed E-state index contributed by atoms with van der Waals surface area (Å²) in [5, 5.41) is 0. The van der Waals surface area contributed by atoms with Crippen LogP contribution in [0, 0.1) is 0 Å². The van der Waals surface area contributed by atoms with Gasteiger partial charge in [0.25, 0.3) is 0 Å². The molecular formula is C17H17NO2. The van der Waals surface area contributed by atoms with Crippen LogP contribution in [0.1, 0.15) is 11.1 Å². The molecule has 1 atom stereocenters. The van der Waals surface area contributed by atoms with Gasteiger partial charge in [-0.05, 0) is 23.8 Å². The largest absolute Gasteiger partial charge is 0.497 e. The van der Waals surface area contributed by atoms with Gasteiger partial charge in [-0.15, -0.1) is 0 Å². The zero-order valence-electron chi connectivity index (χ0n) is 11.4. The third-order valence-electron chi connectivity index (χ3n) is 3.33. The Morgan fingerprint density at radius 2 is 1.95 bits per heavy atom. The van der Waals surface area contributed by atoms with E-state index in [1.54, 1.807) is 7.11 Å². The normalized spacial score (nSPS) is 17.4. The molecule has 102 valence electrons. The van der Waals surface area contributed by atoms with Gasteiger partial charge in [0.15, 0.2) is 0 Å². The Kier molecular flexibility index (Phi) is 3.70. The van der Waals surface area contributed by atoms with Gasteiger partial charge in [-0.3, -0.25) is 10.3 Å². The number of hydrogen-bond donors (Lipinski definition) is 1. The molecule has 3 nitrogen and oxygen atoms in total. The van der Waals surface area contributed by atoms with E-state index in [9.17, 15) is 0 Å². The fourth-order valence-electron chi connectivity index (χ4n) is 2.29. The van der Waals surface area contributed by atoms with Gasteiger partial charge in [0.1, 0.15) is 11.9 Å². The van der Waals surface area contributed by atoms with Crippen LogP contribution in [0.5, 0.6) is 5.75 Å². The van der Waals surface area contributed by atoms with Crippen molar-refractivity contribution in [3.63, 3.8) is 0 Å². The fraction of sp³-hybridized carbons (Fsp3) is 0.176. The first kappa shape index (κ1) is 12.8. The molecule has 0 bridgehead atoms. The zero-order valence-corrected chi connectivity index (χ0v) is 11.4. The van der Waals surface area contributed by atoms with Crippen LogP contribution in [-0.2, 0) is 11.3 Å². The second-order valence-electron chi connectivity index (χ2n) is 4.76. The number of nitrogens with one attached hydrogen (secondary N) is 1. The molecule has 1 aliphatic rings. The van der Waals surface area contributed by atoms with Crippen LogP contribution in [0.3, 0.4) is 0 Å². The summed E-state index contributed by atoms with van der Waals surface area (Å²) < 4.78 is 5.24. The van der Waals surface area contributed by atoms with Gasteiger partial charge < -0.3 is 4.74 Å². The standard InChI is InChI=1S/C17H17NO2/c1-19-15-9-5-8-14(11-15)17-12-16(20-18-17)10-13-6-3-2-4-7-13/h2-9,11-12,16,18H,10H2,1H3. The third-order valence-corrected chi connectivity index (χ3v) is 3.33. The second kappa shape index (κ2) is 5.80. The van der Waals surface area contributed by atoms with E-state index in [-0.39, 0.29) is 6.10 Å². The van der Waals surface area contributed by atoms with Crippen molar-refractivity contribution in [2.24, 2.45) is 0 Å². The first-order valence-electron chi connectivity index (χ1n) is 6.67. The van der Waals surface area contributed by atoms with Crippen molar-refractivity contribution in [2.45, 2.75) is 12.5 Å². The molecule has 3 rings (SSSR count). The van der Waals surface area contributed by atoms with Crippen LogP contribution in [0.4, 0.5) is 0 Å². The maximum Gasteiger partial charge on any atom is 0.119 e. The highest BCUT2D eigenvalue weighted by Crippen LogP contribution is 2.23. The molecule has 0 amide bonds. The minimum absolute atomic E-state index is 0.0543. The predicted octanol–water partition coefficient (Wildman–Crippen LogP) is 3.18. The van der Waals surface area contributed by atoms with Crippen LogP contribution < -0.4 is 10.2 Å². The summed E-state index contributed by atoms with van der Waals surface area (Å²) in [7, 11) is 1.67. The van der Waals surface area contributed by atoms with E-state index in [0.29, 0.717) is 0 Å². The monoisotopic (exact) mass is 267 g/mol. The lowest BCUT2D eigenvalue weighted by Crippen LogP contribution is -2.14. The van der Waals surface area contributed by atoms with Crippen molar-refractivity contribution >= 4 is 5.70 Å². The topological polar surface area (TPSA) is 30.5 Å². The molecule has 0 spiro atoms. The van der Waals surface area contributed by atoms with Crippen molar-refractivity contribution < 1.29 is 9.57 Å². The van der Waals surface area contributed by atoms with Gasteiger partial charge in [0.05, 0.1) is 12.8 Å². The van der Waals surface area contributed by atoms with Gasteiger partial charge in [-0.25, -0.2) is 0 Å². The van der Waals surface area contributed by atoms with Crippen LogP contribution >= 0.6 is 0 Å². The van der Waals surface area contributed by atoms with E-state index in [1.807, 2.05) is 42.5 Å². The summed E-state index contributed by atoms with van der Waals surface area (Å²) in [5.74, 6) is 0.844. The maximum absolute atomic E-state index is 5.61. The number of benzene rings is 2. The quantitative estimate of drug-likeness (QED) is 0.923. The predicted molar refractivity (Wildman–Crippen MR) is 79.1 cm³/mol. The lowest BCUT2D eigenvalue weighted by Gasteiger charge is -2.07. The smallest absolute Gasteiger partial charge is 0.119 e. The minimum Gasteiger partial charge on any atom is -0.497 e. The molecule has 1 unspecified atom stereocenters. The van der Waals surface area contributed by atoms with Gasteiger partial charge in [0, 0.05) is 12.0 Å². The molecule has 0 radical (unpaired) electrons. The van der Waals surface area contributed by atoms with E-state index >= 15 is 0 Å². The molecule has 2 aromatic rings. The van der Waals surface area contributed by atoms with E-state index < -0.39 is 0 Å². The molecule has 1 N–H and O–H groups in total. The van der Waals surface area contributed by atoms with Crippen molar-refractivity contribution in [3.05, 3.63) is 71.8 Å². The highest BCUT2D eigenvalue weighted by Gasteiger charge is 2.18. The van der Waals surface area contributed by atoms with E-state index in [0.717, 1.165) is 23.4 Å². The Morgan fingerprint density at radius 3 is 2.75 bits per heavy atom. The van der Waals surface area contributed by atoms with Crippen molar-refractivity contribution in [3.8, 4) is 5.75 Å². The highest BCUT2D eigenvalue weighted by atomic mass is 16.7. The summed E-state index contributed by atoms with van der Waals surface area (Å²) >= 11 is 0. The maximum atomic E-state index is 5.61. The SMILES string of the molecule is COc1cccc(C2=CC(Cc3ccccc3)ON2)c1. The highest BCUT2D eigenvalue weighted by molar-refractivity contribution is 5.66. The second-order valence-corrected chi connectivity index (χ2v) is 4.76. The van der Waals surface area contributed by atoms with Crippen LogP contribution in [0.15, 0.2) is 60.7 Å². The number of ether oxygens (including phenoxy) is 1. The minimum atomic E-state index is 0.0543. The Hall–Kier alpha value is -2.26. The summed E-state index contributed by atoms with van der Waals surface area (Å²) in [4.78, 5) is 5.61. The molecule has 0 aromatic heterocycles. The fourth-order valence-corrected chi connectivity index (χ4v) is 2.29. The first-order valence-corrected chi connectivity index (χ1v) is 6.67. The van der Waals surface area contributed by atoms with Crippen molar-refractivity contribution in [2.75, 3.05) is 7.11 Å². The van der Waals surface area contributed by atoms with Crippen molar-refractivity contribution in [1.29, 1.82) is 0 Å². The molecule has 0 saturated carbocycles. The number of hydroxylamine groups is 1.